The van der Waals surface area contributed by atoms with Gasteiger partial charge in [-0.3, -0.25) is 0 Å². The number of nitrogens with one attached hydrogen (secondary N) is 1. The molecule has 0 bridgehead atoms. The van der Waals surface area contributed by atoms with Crippen LogP contribution in [0.5, 0.6) is 0 Å². The number of hydrogen-bond donors (Lipinski definition) is 1. The van der Waals surface area contributed by atoms with Gasteiger partial charge in [0.2, 0.25) is 0 Å². The van der Waals surface area contributed by atoms with E-state index in [9.17, 15) is 0 Å². The zero-order chi connectivity index (χ0) is 12.2. The van der Waals surface area contributed by atoms with Gasteiger partial charge >= 0.3 is 0 Å². The van der Waals surface area contributed by atoms with Crippen LogP contribution in [0.4, 0.5) is 0 Å². The van der Waals surface area contributed by atoms with Gasteiger partial charge in [-0.15, -0.1) is 0 Å². The van der Waals surface area contributed by atoms with E-state index in [1.54, 1.807) is 0 Å². The number of rotatable bonds is 11. The highest BCUT2D eigenvalue weighted by Crippen LogP contribution is 1.95. The molecule has 0 spiro atoms. The Labute approximate surface area is 101 Å². The molecule has 1 N–H and O–H groups in total. The molecule has 0 heterocycles. The summed E-state index contributed by atoms with van der Waals surface area (Å²) in [6, 6.07) is 0.640. The first-order valence-electron chi connectivity index (χ1n) is 6.59. The van der Waals surface area contributed by atoms with Crippen molar-refractivity contribution in [2.45, 2.75) is 46.6 Å². The van der Waals surface area contributed by atoms with E-state index in [2.05, 4.69) is 33.0 Å². The standard InChI is InChI=1S/C13H29NO2/c1-5-13(6-2)14-7-8-15-9-10-16-11-12(3)4/h12-14H,5-11H2,1-4H3. The van der Waals surface area contributed by atoms with E-state index in [1.165, 1.54) is 12.8 Å². The molecular formula is C13H29NO2. The van der Waals surface area contributed by atoms with E-state index in [0.29, 0.717) is 25.2 Å². The molecule has 0 aliphatic heterocycles. The summed E-state index contributed by atoms with van der Waals surface area (Å²) in [5, 5.41) is 3.46. The number of ether oxygens (including phenoxy) is 2. The lowest BCUT2D eigenvalue weighted by molar-refractivity contribution is 0.0382. The normalized spacial score (nSPS) is 11.6. The zero-order valence-electron chi connectivity index (χ0n) is 11.4. The zero-order valence-corrected chi connectivity index (χ0v) is 11.4. The van der Waals surface area contributed by atoms with Crippen LogP contribution in [0.15, 0.2) is 0 Å². The molecule has 0 atom stereocenters. The van der Waals surface area contributed by atoms with Crippen LogP contribution in [-0.2, 0) is 9.47 Å². The third-order valence-corrected chi connectivity index (χ3v) is 2.49. The second-order valence-corrected chi connectivity index (χ2v) is 4.55. The van der Waals surface area contributed by atoms with Crippen molar-refractivity contribution in [3.05, 3.63) is 0 Å². The number of hydrogen-bond acceptors (Lipinski definition) is 3. The second kappa shape index (κ2) is 11.4. The van der Waals surface area contributed by atoms with E-state index in [1.807, 2.05) is 0 Å². The molecule has 0 aliphatic rings. The van der Waals surface area contributed by atoms with E-state index < -0.39 is 0 Å². The molecule has 0 aliphatic carbocycles. The Kier molecular flexibility index (Phi) is 11.3. The van der Waals surface area contributed by atoms with Crippen LogP contribution in [0.25, 0.3) is 0 Å². The predicted octanol–water partition coefficient (Wildman–Crippen LogP) is 2.45. The monoisotopic (exact) mass is 231 g/mol. The Morgan fingerprint density at radius 1 is 0.938 bits per heavy atom. The molecule has 0 radical (unpaired) electrons. The summed E-state index contributed by atoms with van der Waals surface area (Å²) in [4.78, 5) is 0. The fourth-order valence-corrected chi connectivity index (χ4v) is 1.45. The van der Waals surface area contributed by atoms with Crippen molar-refractivity contribution in [1.29, 1.82) is 0 Å². The minimum atomic E-state index is 0.608. The molecular weight excluding hydrogens is 202 g/mol. The fraction of sp³-hybridized carbons (Fsp3) is 1.00. The highest BCUT2D eigenvalue weighted by molar-refractivity contribution is 4.61. The summed E-state index contributed by atoms with van der Waals surface area (Å²) in [5.41, 5.74) is 0. The van der Waals surface area contributed by atoms with Crippen molar-refractivity contribution in [2.24, 2.45) is 5.92 Å². The Bertz CT molecular complexity index is 136. The summed E-state index contributed by atoms with van der Waals surface area (Å²) in [7, 11) is 0. The molecule has 16 heavy (non-hydrogen) atoms. The summed E-state index contributed by atoms with van der Waals surface area (Å²) < 4.78 is 10.9. The average Bonchev–Trinajstić information content (AvgIpc) is 2.27. The molecule has 0 amide bonds. The SMILES string of the molecule is CCC(CC)NCCOCCOCC(C)C. The van der Waals surface area contributed by atoms with Crippen molar-refractivity contribution < 1.29 is 9.47 Å². The van der Waals surface area contributed by atoms with Gasteiger partial charge in [-0.25, -0.2) is 0 Å². The van der Waals surface area contributed by atoms with Crippen molar-refractivity contribution in [2.75, 3.05) is 33.0 Å². The summed E-state index contributed by atoms with van der Waals surface area (Å²) in [5.74, 6) is 0.608. The summed E-state index contributed by atoms with van der Waals surface area (Å²) in [6.07, 6.45) is 2.38. The minimum absolute atomic E-state index is 0.608. The largest absolute Gasteiger partial charge is 0.379 e. The maximum atomic E-state index is 5.47. The topological polar surface area (TPSA) is 30.5 Å². The van der Waals surface area contributed by atoms with Gasteiger partial charge in [0.1, 0.15) is 0 Å². The maximum Gasteiger partial charge on any atom is 0.0701 e. The van der Waals surface area contributed by atoms with Gasteiger partial charge in [0.05, 0.1) is 19.8 Å². The Hall–Kier alpha value is -0.120. The molecule has 0 saturated carbocycles. The fourth-order valence-electron chi connectivity index (χ4n) is 1.45. The first-order chi connectivity index (χ1) is 7.70. The maximum absolute atomic E-state index is 5.47. The smallest absolute Gasteiger partial charge is 0.0701 e. The van der Waals surface area contributed by atoms with Crippen LogP contribution in [0.1, 0.15) is 40.5 Å². The van der Waals surface area contributed by atoms with E-state index in [-0.39, 0.29) is 0 Å². The summed E-state index contributed by atoms with van der Waals surface area (Å²) in [6.45, 7) is 12.7. The molecule has 0 unspecified atom stereocenters. The highest BCUT2D eigenvalue weighted by atomic mass is 16.5. The van der Waals surface area contributed by atoms with Crippen LogP contribution in [0, 0.1) is 5.92 Å². The first kappa shape index (κ1) is 15.9. The molecule has 0 aromatic rings. The average molecular weight is 231 g/mol. The molecule has 3 heteroatoms. The molecule has 0 saturated heterocycles. The Morgan fingerprint density at radius 2 is 1.56 bits per heavy atom. The van der Waals surface area contributed by atoms with Gasteiger partial charge in [0.25, 0.3) is 0 Å². The lowest BCUT2D eigenvalue weighted by atomic mass is 10.2. The lowest BCUT2D eigenvalue weighted by Crippen LogP contribution is -2.31. The van der Waals surface area contributed by atoms with Crippen LogP contribution < -0.4 is 5.32 Å². The molecule has 0 aromatic carbocycles. The van der Waals surface area contributed by atoms with Gasteiger partial charge in [-0.1, -0.05) is 27.7 Å². The van der Waals surface area contributed by atoms with Gasteiger partial charge in [0.15, 0.2) is 0 Å². The lowest BCUT2D eigenvalue weighted by Gasteiger charge is -2.14. The predicted molar refractivity (Wildman–Crippen MR) is 68.8 cm³/mol. The van der Waals surface area contributed by atoms with Crippen LogP contribution >= 0.6 is 0 Å². The van der Waals surface area contributed by atoms with E-state index in [4.69, 9.17) is 9.47 Å². The van der Waals surface area contributed by atoms with Gasteiger partial charge in [0, 0.05) is 19.2 Å². The molecule has 3 nitrogen and oxygen atoms in total. The van der Waals surface area contributed by atoms with Crippen molar-refractivity contribution in [3.63, 3.8) is 0 Å². The second-order valence-electron chi connectivity index (χ2n) is 4.55. The molecule has 0 aromatic heterocycles. The molecule has 0 rings (SSSR count). The van der Waals surface area contributed by atoms with Crippen LogP contribution in [0.3, 0.4) is 0 Å². The highest BCUT2D eigenvalue weighted by Gasteiger charge is 2.00. The van der Waals surface area contributed by atoms with E-state index >= 15 is 0 Å². The quantitative estimate of drug-likeness (QED) is 0.554. The van der Waals surface area contributed by atoms with Crippen molar-refractivity contribution in [1.82, 2.24) is 5.32 Å². The van der Waals surface area contributed by atoms with E-state index in [0.717, 1.165) is 19.8 Å². The van der Waals surface area contributed by atoms with Crippen LogP contribution in [-0.4, -0.2) is 39.0 Å². The molecule has 0 fully saturated rings. The Morgan fingerprint density at radius 3 is 2.12 bits per heavy atom. The van der Waals surface area contributed by atoms with Gasteiger partial charge in [-0.2, -0.15) is 0 Å². The Balaban J connectivity index is 3.09. The van der Waals surface area contributed by atoms with Crippen molar-refractivity contribution in [3.8, 4) is 0 Å². The third kappa shape index (κ3) is 10.4. The molecule has 98 valence electrons. The minimum Gasteiger partial charge on any atom is -0.379 e. The van der Waals surface area contributed by atoms with Gasteiger partial charge in [-0.05, 0) is 18.8 Å². The third-order valence-electron chi connectivity index (χ3n) is 2.49. The van der Waals surface area contributed by atoms with Gasteiger partial charge < -0.3 is 14.8 Å². The summed E-state index contributed by atoms with van der Waals surface area (Å²) >= 11 is 0. The van der Waals surface area contributed by atoms with Crippen LogP contribution in [0.2, 0.25) is 0 Å². The first-order valence-corrected chi connectivity index (χ1v) is 6.59. The van der Waals surface area contributed by atoms with Crippen molar-refractivity contribution >= 4 is 0 Å².